The molecule has 0 aliphatic heterocycles. The number of halogens is 1. The maximum absolute atomic E-state index is 12.6. The van der Waals surface area contributed by atoms with E-state index in [0.29, 0.717) is 12.0 Å². The minimum atomic E-state index is -0.894. The Kier molecular flexibility index (Phi) is 5.46. The lowest BCUT2D eigenvalue weighted by Crippen LogP contribution is -2.15. The molecule has 1 atom stereocenters. The van der Waals surface area contributed by atoms with Crippen LogP contribution in [0.1, 0.15) is 41.0 Å². The summed E-state index contributed by atoms with van der Waals surface area (Å²) in [5, 5.41) is 1.71. The number of ether oxygens (including phenoxy) is 1. The number of hydrogen-bond acceptors (Lipinski definition) is 4. The summed E-state index contributed by atoms with van der Waals surface area (Å²) in [7, 11) is 1.18. The summed E-state index contributed by atoms with van der Waals surface area (Å²) in [6, 6.07) is 10.8. The van der Waals surface area contributed by atoms with Crippen LogP contribution in [0.5, 0.6) is 0 Å². The second-order valence-electron chi connectivity index (χ2n) is 6.27. The molecular weight excluding hydrogens is 410 g/mol. The quantitative estimate of drug-likeness (QED) is 0.250. The molecule has 6 heteroatoms. The van der Waals surface area contributed by atoms with Gasteiger partial charge in [-0.1, -0.05) is 22.9 Å². The van der Waals surface area contributed by atoms with Crippen molar-refractivity contribution in [1.82, 2.24) is 4.57 Å². The van der Waals surface area contributed by atoms with Crippen LogP contribution < -0.4 is 0 Å². The van der Waals surface area contributed by atoms with Gasteiger partial charge in [-0.15, -0.1) is 0 Å². The number of ketones is 2. The normalized spacial score (nSPS) is 12.3. The van der Waals surface area contributed by atoms with Crippen molar-refractivity contribution in [2.24, 2.45) is 0 Å². The van der Waals surface area contributed by atoms with Crippen LogP contribution in [0.25, 0.3) is 21.8 Å². The number of hydrogen-bond donors (Lipinski definition) is 0. The van der Waals surface area contributed by atoms with Crippen LogP contribution in [-0.2, 0) is 16.1 Å². The Morgan fingerprint density at radius 1 is 1.00 bits per heavy atom. The predicted octanol–water partition coefficient (Wildman–Crippen LogP) is 4.53. The molecule has 0 radical (unpaired) electrons. The summed E-state index contributed by atoms with van der Waals surface area (Å²) in [5.41, 5.74) is 2.82. The fourth-order valence-corrected chi connectivity index (χ4v) is 3.58. The molecule has 140 valence electrons. The van der Waals surface area contributed by atoms with E-state index in [9.17, 15) is 14.4 Å². The molecule has 1 unspecified atom stereocenters. The molecule has 0 saturated carbocycles. The van der Waals surface area contributed by atoms with Crippen molar-refractivity contribution in [2.45, 2.75) is 31.6 Å². The Morgan fingerprint density at radius 3 is 2.07 bits per heavy atom. The number of nitrogens with zero attached hydrogens (tertiary/aromatic N) is 1. The summed E-state index contributed by atoms with van der Waals surface area (Å²) in [5.74, 6) is -1.55. The third-order valence-electron chi connectivity index (χ3n) is 4.74. The van der Waals surface area contributed by atoms with Crippen molar-refractivity contribution in [3.8, 4) is 0 Å². The van der Waals surface area contributed by atoms with Gasteiger partial charge >= 0.3 is 5.97 Å². The van der Waals surface area contributed by atoms with Gasteiger partial charge in [0.25, 0.3) is 5.78 Å². The zero-order valence-electron chi connectivity index (χ0n) is 15.4. The van der Waals surface area contributed by atoms with Crippen LogP contribution in [0.15, 0.2) is 36.4 Å². The van der Waals surface area contributed by atoms with Gasteiger partial charge in [0.15, 0.2) is 5.78 Å². The summed E-state index contributed by atoms with van der Waals surface area (Å²) >= 11 is 3.42. The number of fused-ring (bicyclic) bond motifs is 3. The number of benzene rings is 2. The van der Waals surface area contributed by atoms with E-state index >= 15 is 0 Å². The van der Waals surface area contributed by atoms with Crippen LogP contribution in [0.2, 0.25) is 0 Å². The highest BCUT2D eigenvalue weighted by molar-refractivity contribution is 9.10. The lowest BCUT2D eigenvalue weighted by Gasteiger charge is -2.07. The highest BCUT2D eigenvalue weighted by Gasteiger charge is 2.20. The maximum Gasteiger partial charge on any atom is 0.379 e. The summed E-state index contributed by atoms with van der Waals surface area (Å²) in [6.07, 6.45) is 0.700. The van der Waals surface area contributed by atoms with Gasteiger partial charge in [-0.25, -0.2) is 4.79 Å². The number of aromatic nitrogens is 1. The van der Waals surface area contributed by atoms with Gasteiger partial charge in [0, 0.05) is 39.5 Å². The molecule has 0 aliphatic carbocycles. The first-order valence-corrected chi connectivity index (χ1v) is 9.71. The van der Waals surface area contributed by atoms with Crippen LogP contribution in [0.3, 0.4) is 0 Å². The Bertz CT molecular complexity index is 1070. The number of alkyl halides is 1. The fraction of sp³-hybridized carbons (Fsp3) is 0.286. The minimum Gasteiger partial charge on any atom is -0.463 e. The number of methoxy groups -OCH3 is 1. The van der Waals surface area contributed by atoms with Crippen molar-refractivity contribution < 1.29 is 19.1 Å². The van der Waals surface area contributed by atoms with Crippen LogP contribution in [-0.4, -0.2) is 34.0 Å². The van der Waals surface area contributed by atoms with Gasteiger partial charge in [0.1, 0.15) is 0 Å². The standard InChI is InChI=1S/C21H20BrNO4/c1-4-16(22)19(24)12-6-8-17-14(10-12)15-11-13(20(25)21(26)27-3)7-9-18(15)23(17)5-2/h6-11,16H,4-5H2,1-3H3. The second-order valence-corrected chi connectivity index (χ2v) is 7.37. The summed E-state index contributed by atoms with van der Waals surface area (Å²) in [6.45, 7) is 4.73. The smallest absolute Gasteiger partial charge is 0.379 e. The number of aryl methyl sites for hydroxylation is 1. The van der Waals surface area contributed by atoms with Gasteiger partial charge in [-0.2, -0.15) is 0 Å². The zero-order chi connectivity index (χ0) is 19.7. The first-order valence-electron chi connectivity index (χ1n) is 8.79. The Labute approximate surface area is 165 Å². The Balaban J connectivity index is 2.25. The zero-order valence-corrected chi connectivity index (χ0v) is 17.0. The molecule has 5 nitrogen and oxygen atoms in total. The number of carbonyl (C=O) groups excluding carboxylic acids is 3. The highest BCUT2D eigenvalue weighted by Crippen LogP contribution is 2.31. The molecule has 0 saturated heterocycles. The van der Waals surface area contributed by atoms with E-state index in [-0.39, 0.29) is 16.2 Å². The summed E-state index contributed by atoms with van der Waals surface area (Å²) in [4.78, 5) is 36.1. The number of rotatable bonds is 6. The van der Waals surface area contributed by atoms with E-state index in [1.54, 1.807) is 12.1 Å². The number of carbonyl (C=O) groups is 3. The van der Waals surface area contributed by atoms with Gasteiger partial charge in [-0.05, 0) is 49.7 Å². The van der Waals surface area contributed by atoms with E-state index in [4.69, 9.17) is 0 Å². The lowest BCUT2D eigenvalue weighted by atomic mass is 10.0. The second kappa shape index (κ2) is 7.64. The van der Waals surface area contributed by atoms with Gasteiger partial charge in [0.05, 0.1) is 11.9 Å². The van der Waals surface area contributed by atoms with E-state index in [1.165, 1.54) is 7.11 Å². The average Bonchev–Trinajstić information content (AvgIpc) is 3.03. The van der Waals surface area contributed by atoms with E-state index in [2.05, 4.69) is 25.2 Å². The Hall–Kier alpha value is -2.47. The van der Waals surface area contributed by atoms with Gasteiger partial charge in [-0.3, -0.25) is 9.59 Å². The monoisotopic (exact) mass is 429 g/mol. The minimum absolute atomic E-state index is 0.0265. The first-order chi connectivity index (χ1) is 12.9. The van der Waals surface area contributed by atoms with Crippen LogP contribution in [0, 0.1) is 0 Å². The predicted molar refractivity (Wildman–Crippen MR) is 109 cm³/mol. The largest absolute Gasteiger partial charge is 0.463 e. The summed E-state index contributed by atoms with van der Waals surface area (Å²) < 4.78 is 6.66. The molecule has 0 fully saturated rings. The molecule has 27 heavy (non-hydrogen) atoms. The van der Waals surface area contributed by atoms with Crippen molar-refractivity contribution in [3.05, 3.63) is 47.5 Å². The molecule has 1 aromatic heterocycles. The van der Waals surface area contributed by atoms with E-state index in [0.717, 1.165) is 28.4 Å². The molecule has 0 aliphatic rings. The molecule has 0 amide bonds. The maximum atomic E-state index is 12.6. The van der Waals surface area contributed by atoms with Crippen molar-refractivity contribution in [2.75, 3.05) is 7.11 Å². The molecule has 0 N–H and O–H groups in total. The molecular formula is C21H20BrNO4. The van der Waals surface area contributed by atoms with Crippen molar-refractivity contribution >= 4 is 55.3 Å². The molecule has 1 heterocycles. The lowest BCUT2D eigenvalue weighted by molar-refractivity contribution is -0.135. The molecule has 0 spiro atoms. The van der Waals surface area contributed by atoms with Crippen LogP contribution in [0.4, 0.5) is 0 Å². The average molecular weight is 430 g/mol. The van der Waals surface area contributed by atoms with Crippen molar-refractivity contribution in [1.29, 1.82) is 0 Å². The van der Waals surface area contributed by atoms with Gasteiger partial charge < -0.3 is 9.30 Å². The molecule has 2 aromatic carbocycles. The number of Topliss-reactive ketones (excluding diaryl/α,β-unsaturated/α-hetero) is 2. The number of esters is 1. The van der Waals surface area contributed by atoms with E-state index in [1.807, 2.05) is 38.1 Å². The van der Waals surface area contributed by atoms with E-state index < -0.39 is 11.8 Å². The third kappa shape index (κ3) is 3.30. The topological polar surface area (TPSA) is 65.4 Å². The molecule has 3 aromatic rings. The highest BCUT2D eigenvalue weighted by atomic mass is 79.9. The molecule has 3 rings (SSSR count). The van der Waals surface area contributed by atoms with Gasteiger partial charge in [0.2, 0.25) is 0 Å². The third-order valence-corrected chi connectivity index (χ3v) is 5.80. The first kappa shape index (κ1) is 19.3. The molecule has 0 bridgehead atoms. The Morgan fingerprint density at radius 2 is 1.56 bits per heavy atom. The van der Waals surface area contributed by atoms with Crippen LogP contribution >= 0.6 is 15.9 Å². The fourth-order valence-electron chi connectivity index (χ4n) is 3.32. The van der Waals surface area contributed by atoms with Crippen molar-refractivity contribution in [3.63, 3.8) is 0 Å². The SMILES string of the molecule is CCC(Br)C(=O)c1ccc2c(c1)c1cc(C(=O)C(=O)OC)ccc1n2CC.